The summed E-state index contributed by atoms with van der Waals surface area (Å²) in [7, 11) is 0. The van der Waals surface area contributed by atoms with E-state index in [0.29, 0.717) is 0 Å². The van der Waals surface area contributed by atoms with Crippen LogP contribution in [0, 0.1) is 16.2 Å². The third-order valence-corrected chi connectivity index (χ3v) is 3.18. The van der Waals surface area contributed by atoms with Gasteiger partial charge in [-0.15, -0.1) is 0 Å². The van der Waals surface area contributed by atoms with Crippen molar-refractivity contribution in [2.24, 2.45) is 16.2 Å². The summed E-state index contributed by atoms with van der Waals surface area (Å²) >= 11 is 0. The smallest absolute Gasteiger partial charge is 0.171 e. The summed E-state index contributed by atoms with van der Waals surface area (Å²) < 4.78 is 0. The number of carbonyl (C=O) groups is 3. The maximum absolute atomic E-state index is 12.5. The number of rotatable bonds is 4. The summed E-state index contributed by atoms with van der Waals surface area (Å²) in [6, 6.07) is 0. The molecule has 3 nitrogen and oxygen atoms in total. The molecule has 0 aromatic carbocycles. The Kier molecular flexibility index (Phi) is 5.88. The third-order valence-electron chi connectivity index (χ3n) is 3.18. The van der Waals surface area contributed by atoms with Crippen LogP contribution in [0.3, 0.4) is 0 Å². The van der Waals surface area contributed by atoms with Gasteiger partial charge in [0.25, 0.3) is 0 Å². The Bertz CT molecular complexity index is 432. The first kappa shape index (κ1) is 19.8. The van der Waals surface area contributed by atoms with Crippen LogP contribution in [0.2, 0.25) is 0 Å². The molecule has 0 amide bonds. The fourth-order valence-corrected chi connectivity index (χ4v) is 1.60. The summed E-state index contributed by atoms with van der Waals surface area (Å²) in [5, 5.41) is 0. The van der Waals surface area contributed by atoms with Crippen LogP contribution in [0.5, 0.6) is 0 Å². The standard InChI is InChI=1S/C18H30O3/c1-16(2,3)13(19)11-10-12(14(20)17(4,5)6)15(21)18(7,8)9/h10H,11H2,1-9H3. The number of Topliss-reactive ketones (excluding diaryl/α,β-unsaturated/α-hetero) is 3. The van der Waals surface area contributed by atoms with Crippen LogP contribution in [0.1, 0.15) is 68.7 Å². The highest BCUT2D eigenvalue weighted by molar-refractivity contribution is 6.23. The fourth-order valence-electron chi connectivity index (χ4n) is 1.60. The molecular formula is C18H30O3. The normalized spacial score (nSPS) is 12.8. The molecule has 0 saturated carbocycles. The summed E-state index contributed by atoms with van der Waals surface area (Å²) in [5.41, 5.74) is -1.60. The molecule has 0 heterocycles. The number of hydrogen-bond acceptors (Lipinski definition) is 3. The summed E-state index contributed by atoms with van der Waals surface area (Å²) in [4.78, 5) is 37.1. The number of allylic oxidation sites excluding steroid dienone is 2. The summed E-state index contributed by atoms with van der Waals surface area (Å²) in [6.07, 6.45) is 1.64. The van der Waals surface area contributed by atoms with Crippen molar-refractivity contribution < 1.29 is 14.4 Å². The molecule has 0 bridgehead atoms. The van der Waals surface area contributed by atoms with E-state index < -0.39 is 16.2 Å². The molecule has 0 aliphatic rings. The lowest BCUT2D eigenvalue weighted by Crippen LogP contribution is -2.32. The Morgan fingerprint density at radius 1 is 0.667 bits per heavy atom. The lowest BCUT2D eigenvalue weighted by atomic mass is 9.77. The Hall–Kier alpha value is -1.25. The molecule has 0 aromatic heterocycles. The van der Waals surface area contributed by atoms with Crippen molar-refractivity contribution in [2.45, 2.75) is 68.7 Å². The van der Waals surface area contributed by atoms with E-state index in [4.69, 9.17) is 0 Å². The van der Waals surface area contributed by atoms with Crippen molar-refractivity contribution in [1.29, 1.82) is 0 Å². The van der Waals surface area contributed by atoms with Gasteiger partial charge >= 0.3 is 0 Å². The minimum atomic E-state index is -0.641. The Balaban J connectivity index is 5.60. The molecule has 0 fully saturated rings. The largest absolute Gasteiger partial charge is 0.299 e. The van der Waals surface area contributed by atoms with E-state index >= 15 is 0 Å². The van der Waals surface area contributed by atoms with Gasteiger partial charge in [-0.3, -0.25) is 14.4 Å². The van der Waals surface area contributed by atoms with Crippen LogP contribution in [0.4, 0.5) is 0 Å². The monoisotopic (exact) mass is 294 g/mol. The molecule has 0 rings (SSSR count). The number of hydrogen-bond donors (Lipinski definition) is 0. The SMILES string of the molecule is CC(C)(C)C(=O)CC=C(C(=O)C(C)(C)C)C(=O)C(C)(C)C. The van der Waals surface area contributed by atoms with E-state index in [1.807, 2.05) is 20.8 Å². The van der Waals surface area contributed by atoms with Gasteiger partial charge in [-0.05, 0) is 0 Å². The lowest BCUT2D eigenvalue weighted by Gasteiger charge is -2.24. The molecule has 3 heteroatoms. The zero-order chi connectivity index (χ0) is 17.2. The van der Waals surface area contributed by atoms with Gasteiger partial charge < -0.3 is 0 Å². The Labute approximate surface area is 129 Å². The van der Waals surface area contributed by atoms with Gasteiger partial charge in [-0.2, -0.15) is 0 Å². The van der Waals surface area contributed by atoms with Crippen molar-refractivity contribution in [1.82, 2.24) is 0 Å². The Morgan fingerprint density at radius 3 is 1.24 bits per heavy atom. The fraction of sp³-hybridized carbons (Fsp3) is 0.722. The van der Waals surface area contributed by atoms with E-state index in [0.717, 1.165) is 0 Å². The van der Waals surface area contributed by atoms with Crippen LogP contribution >= 0.6 is 0 Å². The van der Waals surface area contributed by atoms with E-state index in [1.165, 1.54) is 6.08 Å². The molecule has 0 aromatic rings. The third kappa shape index (κ3) is 5.94. The van der Waals surface area contributed by atoms with Crippen molar-refractivity contribution in [3.8, 4) is 0 Å². The first-order valence-corrected chi connectivity index (χ1v) is 7.41. The molecule has 0 N–H and O–H groups in total. The zero-order valence-electron chi connectivity index (χ0n) is 15.0. The molecule has 21 heavy (non-hydrogen) atoms. The molecule has 0 aliphatic heterocycles. The molecule has 0 spiro atoms. The molecule has 0 atom stereocenters. The van der Waals surface area contributed by atoms with E-state index in [-0.39, 0.29) is 29.3 Å². The van der Waals surface area contributed by atoms with Crippen LogP contribution in [0.15, 0.2) is 11.6 Å². The first-order chi connectivity index (χ1) is 9.08. The average Bonchev–Trinajstić information content (AvgIpc) is 2.24. The van der Waals surface area contributed by atoms with Crippen LogP contribution < -0.4 is 0 Å². The predicted octanol–water partition coefficient (Wildman–Crippen LogP) is 4.15. The van der Waals surface area contributed by atoms with Gasteiger partial charge in [0.15, 0.2) is 11.6 Å². The second-order valence-electron chi connectivity index (χ2n) is 8.65. The van der Waals surface area contributed by atoms with Gasteiger partial charge in [0.1, 0.15) is 5.78 Å². The molecule has 0 unspecified atom stereocenters. The number of ketones is 3. The summed E-state index contributed by atoms with van der Waals surface area (Å²) in [6.45, 7) is 16.2. The highest BCUT2D eigenvalue weighted by Crippen LogP contribution is 2.28. The number of carbonyl (C=O) groups excluding carboxylic acids is 3. The predicted molar refractivity (Wildman–Crippen MR) is 86.1 cm³/mol. The van der Waals surface area contributed by atoms with E-state index in [9.17, 15) is 14.4 Å². The second kappa shape index (κ2) is 6.25. The van der Waals surface area contributed by atoms with E-state index in [2.05, 4.69) is 0 Å². The minimum absolute atomic E-state index is 0.0171. The van der Waals surface area contributed by atoms with Crippen molar-refractivity contribution in [2.75, 3.05) is 0 Å². The molecule has 0 aliphatic carbocycles. The van der Waals surface area contributed by atoms with Crippen LogP contribution in [-0.4, -0.2) is 17.3 Å². The van der Waals surface area contributed by atoms with Gasteiger partial charge in [-0.1, -0.05) is 68.4 Å². The van der Waals surface area contributed by atoms with Gasteiger partial charge in [0, 0.05) is 22.7 Å². The molecule has 120 valence electrons. The quantitative estimate of drug-likeness (QED) is 0.444. The average molecular weight is 294 g/mol. The van der Waals surface area contributed by atoms with Gasteiger partial charge in [0.2, 0.25) is 0 Å². The Morgan fingerprint density at radius 2 is 1.00 bits per heavy atom. The van der Waals surface area contributed by atoms with Crippen molar-refractivity contribution >= 4 is 17.3 Å². The minimum Gasteiger partial charge on any atom is -0.299 e. The summed E-state index contributed by atoms with van der Waals surface area (Å²) in [5.74, 6) is -0.392. The lowest BCUT2D eigenvalue weighted by molar-refractivity contribution is -0.129. The molecular weight excluding hydrogens is 264 g/mol. The topological polar surface area (TPSA) is 51.2 Å². The van der Waals surface area contributed by atoms with E-state index in [1.54, 1.807) is 41.5 Å². The van der Waals surface area contributed by atoms with Crippen molar-refractivity contribution in [3.63, 3.8) is 0 Å². The maximum atomic E-state index is 12.5. The highest BCUT2D eigenvalue weighted by atomic mass is 16.2. The van der Waals surface area contributed by atoms with Crippen molar-refractivity contribution in [3.05, 3.63) is 11.6 Å². The van der Waals surface area contributed by atoms with Crippen LogP contribution in [-0.2, 0) is 14.4 Å². The second-order valence-corrected chi connectivity index (χ2v) is 8.65. The zero-order valence-corrected chi connectivity index (χ0v) is 15.0. The first-order valence-electron chi connectivity index (χ1n) is 7.41. The van der Waals surface area contributed by atoms with Gasteiger partial charge in [0.05, 0.1) is 5.57 Å². The molecule has 0 saturated heterocycles. The van der Waals surface area contributed by atoms with Crippen LogP contribution in [0.25, 0.3) is 0 Å². The molecule has 0 radical (unpaired) electrons. The highest BCUT2D eigenvalue weighted by Gasteiger charge is 2.34. The maximum Gasteiger partial charge on any atom is 0.171 e. The van der Waals surface area contributed by atoms with Gasteiger partial charge in [-0.25, -0.2) is 0 Å².